The van der Waals surface area contributed by atoms with Crippen molar-refractivity contribution in [1.29, 1.82) is 0 Å². The van der Waals surface area contributed by atoms with Crippen molar-refractivity contribution in [2.45, 2.75) is 40.0 Å². The summed E-state index contributed by atoms with van der Waals surface area (Å²) >= 11 is 0. The lowest BCUT2D eigenvalue weighted by Crippen LogP contribution is -2.38. The largest absolute Gasteiger partial charge is 0.401 e. The SMILES string of the molecule is CC(C)OCC(C)(C)CNCC(F)(F)F. The molecule has 0 aliphatic heterocycles. The fourth-order valence-corrected chi connectivity index (χ4v) is 0.986. The van der Waals surface area contributed by atoms with Crippen LogP contribution < -0.4 is 5.32 Å². The quantitative estimate of drug-likeness (QED) is 0.753. The van der Waals surface area contributed by atoms with E-state index in [-0.39, 0.29) is 11.5 Å². The second-order valence-corrected chi connectivity index (χ2v) is 4.74. The molecule has 0 rings (SSSR count). The van der Waals surface area contributed by atoms with Crippen molar-refractivity contribution in [3.63, 3.8) is 0 Å². The summed E-state index contributed by atoms with van der Waals surface area (Å²) in [6.45, 7) is 7.35. The Bertz CT molecular complexity index is 178. The Balaban J connectivity index is 3.74. The van der Waals surface area contributed by atoms with Gasteiger partial charge >= 0.3 is 6.18 Å². The smallest absolute Gasteiger partial charge is 0.378 e. The predicted molar refractivity (Wildman–Crippen MR) is 53.8 cm³/mol. The van der Waals surface area contributed by atoms with Gasteiger partial charge in [-0.2, -0.15) is 13.2 Å². The van der Waals surface area contributed by atoms with Crippen LogP contribution in [0.3, 0.4) is 0 Å². The van der Waals surface area contributed by atoms with E-state index < -0.39 is 12.7 Å². The normalized spacial score (nSPS) is 13.6. The first-order valence-corrected chi connectivity index (χ1v) is 5.01. The van der Waals surface area contributed by atoms with Gasteiger partial charge in [-0.05, 0) is 13.8 Å². The predicted octanol–water partition coefficient (Wildman–Crippen LogP) is 2.59. The Morgan fingerprint density at radius 1 is 1.13 bits per heavy atom. The van der Waals surface area contributed by atoms with Gasteiger partial charge in [0.1, 0.15) is 0 Å². The van der Waals surface area contributed by atoms with E-state index in [1.165, 1.54) is 0 Å². The molecule has 0 aromatic rings. The molecule has 0 aromatic carbocycles. The highest BCUT2D eigenvalue weighted by Gasteiger charge is 2.28. The van der Waals surface area contributed by atoms with Crippen LogP contribution in [0.2, 0.25) is 0 Å². The van der Waals surface area contributed by atoms with E-state index in [2.05, 4.69) is 5.32 Å². The molecule has 1 N–H and O–H groups in total. The minimum atomic E-state index is -4.14. The maximum atomic E-state index is 11.9. The third-order valence-corrected chi connectivity index (χ3v) is 1.74. The second kappa shape index (κ2) is 5.70. The molecule has 0 atom stereocenters. The van der Waals surface area contributed by atoms with E-state index in [9.17, 15) is 13.2 Å². The molecule has 0 fully saturated rings. The third-order valence-electron chi connectivity index (χ3n) is 1.74. The van der Waals surface area contributed by atoms with Gasteiger partial charge in [-0.15, -0.1) is 0 Å². The zero-order chi connectivity index (χ0) is 12.1. The lowest BCUT2D eigenvalue weighted by molar-refractivity contribution is -0.126. The van der Waals surface area contributed by atoms with E-state index in [0.29, 0.717) is 13.2 Å². The van der Waals surface area contributed by atoms with Crippen LogP contribution >= 0.6 is 0 Å². The highest BCUT2D eigenvalue weighted by atomic mass is 19.4. The van der Waals surface area contributed by atoms with Crippen LogP contribution in [0.1, 0.15) is 27.7 Å². The van der Waals surface area contributed by atoms with E-state index in [0.717, 1.165) is 0 Å². The Morgan fingerprint density at radius 3 is 2.07 bits per heavy atom. The number of alkyl halides is 3. The van der Waals surface area contributed by atoms with Crippen molar-refractivity contribution in [3.8, 4) is 0 Å². The van der Waals surface area contributed by atoms with Crippen molar-refractivity contribution < 1.29 is 17.9 Å². The number of nitrogens with one attached hydrogen (secondary N) is 1. The fraction of sp³-hybridized carbons (Fsp3) is 1.00. The monoisotopic (exact) mass is 227 g/mol. The molecule has 0 heterocycles. The van der Waals surface area contributed by atoms with Crippen molar-refractivity contribution in [2.24, 2.45) is 5.41 Å². The van der Waals surface area contributed by atoms with Gasteiger partial charge in [-0.1, -0.05) is 13.8 Å². The Labute approximate surface area is 89.2 Å². The molecule has 0 amide bonds. The summed E-state index contributed by atoms with van der Waals surface area (Å²) in [5.74, 6) is 0. The first-order chi connectivity index (χ1) is 6.62. The van der Waals surface area contributed by atoms with Crippen molar-refractivity contribution in [2.75, 3.05) is 19.7 Å². The van der Waals surface area contributed by atoms with Crippen molar-refractivity contribution in [3.05, 3.63) is 0 Å². The van der Waals surface area contributed by atoms with Crippen LogP contribution in [0.5, 0.6) is 0 Å². The van der Waals surface area contributed by atoms with Gasteiger partial charge in [0.2, 0.25) is 0 Å². The van der Waals surface area contributed by atoms with Crippen LogP contribution in [-0.4, -0.2) is 32.0 Å². The molecule has 0 saturated carbocycles. The van der Waals surface area contributed by atoms with Crippen LogP contribution in [0.4, 0.5) is 13.2 Å². The van der Waals surface area contributed by atoms with Crippen molar-refractivity contribution in [1.82, 2.24) is 5.32 Å². The summed E-state index contributed by atoms with van der Waals surface area (Å²) in [5.41, 5.74) is -0.282. The fourth-order valence-electron chi connectivity index (χ4n) is 0.986. The number of hydrogen-bond donors (Lipinski definition) is 1. The van der Waals surface area contributed by atoms with Crippen LogP contribution in [0, 0.1) is 5.41 Å². The minimum absolute atomic E-state index is 0.104. The maximum Gasteiger partial charge on any atom is 0.401 e. The maximum absolute atomic E-state index is 11.9. The van der Waals surface area contributed by atoms with Crippen LogP contribution in [-0.2, 0) is 4.74 Å². The molecule has 0 spiro atoms. The molecule has 2 nitrogen and oxygen atoms in total. The van der Waals surface area contributed by atoms with Gasteiger partial charge in [0, 0.05) is 12.0 Å². The van der Waals surface area contributed by atoms with E-state index in [4.69, 9.17) is 4.74 Å². The van der Waals surface area contributed by atoms with E-state index in [1.807, 2.05) is 27.7 Å². The molecule has 0 aliphatic carbocycles. The first kappa shape index (κ1) is 14.7. The zero-order valence-electron chi connectivity index (χ0n) is 9.74. The molecule has 5 heteroatoms. The molecule has 92 valence electrons. The van der Waals surface area contributed by atoms with Gasteiger partial charge < -0.3 is 10.1 Å². The van der Waals surface area contributed by atoms with Crippen LogP contribution in [0.25, 0.3) is 0 Å². The van der Waals surface area contributed by atoms with Crippen LogP contribution in [0.15, 0.2) is 0 Å². The second-order valence-electron chi connectivity index (χ2n) is 4.74. The van der Waals surface area contributed by atoms with Gasteiger partial charge in [0.15, 0.2) is 0 Å². The third kappa shape index (κ3) is 10.0. The topological polar surface area (TPSA) is 21.3 Å². The summed E-state index contributed by atoms with van der Waals surface area (Å²) in [6.07, 6.45) is -4.04. The standard InChI is InChI=1S/C10H20F3NO/c1-8(2)15-7-9(3,4)5-14-6-10(11,12)13/h8,14H,5-7H2,1-4H3. The summed E-state index contributed by atoms with van der Waals surface area (Å²) in [6, 6.07) is 0. The molecular weight excluding hydrogens is 207 g/mol. The van der Waals surface area contributed by atoms with Gasteiger partial charge in [-0.25, -0.2) is 0 Å². The summed E-state index contributed by atoms with van der Waals surface area (Å²) in [4.78, 5) is 0. The first-order valence-electron chi connectivity index (χ1n) is 5.01. The molecule has 0 bridgehead atoms. The van der Waals surface area contributed by atoms with Gasteiger partial charge in [0.25, 0.3) is 0 Å². The average molecular weight is 227 g/mol. The Kier molecular flexibility index (Phi) is 5.59. The highest BCUT2D eigenvalue weighted by Crippen LogP contribution is 2.17. The Hall–Kier alpha value is -0.290. The molecule has 0 saturated heterocycles. The average Bonchev–Trinajstić information content (AvgIpc) is 1.98. The highest BCUT2D eigenvalue weighted by molar-refractivity contribution is 4.72. The molecule has 0 aromatic heterocycles. The number of hydrogen-bond acceptors (Lipinski definition) is 2. The lowest BCUT2D eigenvalue weighted by Gasteiger charge is -2.26. The molecular formula is C10H20F3NO. The molecule has 0 aliphatic rings. The van der Waals surface area contributed by atoms with E-state index >= 15 is 0 Å². The number of ether oxygens (including phenoxy) is 1. The minimum Gasteiger partial charge on any atom is -0.378 e. The van der Waals surface area contributed by atoms with Crippen molar-refractivity contribution >= 4 is 0 Å². The Morgan fingerprint density at radius 2 is 1.67 bits per heavy atom. The molecule has 0 radical (unpaired) electrons. The number of halogens is 3. The van der Waals surface area contributed by atoms with Gasteiger partial charge in [-0.3, -0.25) is 0 Å². The summed E-state index contributed by atoms with van der Waals surface area (Å²) in [5, 5.41) is 2.38. The summed E-state index contributed by atoms with van der Waals surface area (Å²) < 4.78 is 40.9. The van der Waals surface area contributed by atoms with E-state index in [1.54, 1.807) is 0 Å². The molecule has 15 heavy (non-hydrogen) atoms. The lowest BCUT2D eigenvalue weighted by atomic mass is 9.95. The summed E-state index contributed by atoms with van der Waals surface area (Å²) in [7, 11) is 0. The van der Waals surface area contributed by atoms with Gasteiger partial charge in [0.05, 0.1) is 19.3 Å². The zero-order valence-corrected chi connectivity index (χ0v) is 9.74. The molecule has 0 unspecified atom stereocenters. The number of rotatable bonds is 6.